The summed E-state index contributed by atoms with van der Waals surface area (Å²) in [7, 11) is 0. The van der Waals surface area contributed by atoms with Gasteiger partial charge >= 0.3 is 5.97 Å². The minimum absolute atomic E-state index is 0.0123. The lowest BCUT2D eigenvalue weighted by molar-refractivity contribution is -0.155. The largest absolute Gasteiger partial charge is 0.462 e. The third-order valence-corrected chi connectivity index (χ3v) is 4.33. The van der Waals surface area contributed by atoms with E-state index in [-0.39, 0.29) is 18.5 Å². The zero-order chi connectivity index (χ0) is 14.5. The quantitative estimate of drug-likeness (QED) is 0.858. The van der Waals surface area contributed by atoms with Gasteiger partial charge in [0.1, 0.15) is 12.7 Å². The van der Waals surface area contributed by atoms with Gasteiger partial charge in [-0.1, -0.05) is 50.6 Å². The third-order valence-electron chi connectivity index (χ3n) is 4.33. The van der Waals surface area contributed by atoms with Crippen molar-refractivity contribution in [3.8, 4) is 0 Å². The van der Waals surface area contributed by atoms with Crippen LogP contribution in [0.4, 0.5) is 0 Å². The Morgan fingerprint density at radius 1 is 1.30 bits per heavy atom. The van der Waals surface area contributed by atoms with Crippen molar-refractivity contribution in [3.05, 3.63) is 35.9 Å². The monoisotopic (exact) mass is 276 g/mol. The van der Waals surface area contributed by atoms with Crippen molar-refractivity contribution < 1.29 is 14.6 Å². The maximum Gasteiger partial charge on any atom is 0.309 e. The van der Waals surface area contributed by atoms with Gasteiger partial charge in [-0.15, -0.1) is 0 Å². The van der Waals surface area contributed by atoms with Crippen LogP contribution in [-0.4, -0.2) is 17.7 Å². The van der Waals surface area contributed by atoms with E-state index in [2.05, 4.69) is 13.8 Å². The summed E-state index contributed by atoms with van der Waals surface area (Å²) < 4.78 is 5.33. The van der Waals surface area contributed by atoms with E-state index in [0.29, 0.717) is 11.8 Å². The topological polar surface area (TPSA) is 46.5 Å². The molecule has 0 aromatic heterocycles. The standard InChI is InChI=1S/C17H24O3/c1-12-8-9-13(2)15(10-12)17(19)20-11-16(18)14-6-4-3-5-7-14/h3-7,12-13,15-16,18H,8-11H2,1-2H3/t12-,13-,15-,16-/m1/s1. The molecule has 1 saturated carbocycles. The molecule has 3 nitrogen and oxygen atoms in total. The summed E-state index contributed by atoms with van der Waals surface area (Å²) in [6, 6.07) is 9.30. The summed E-state index contributed by atoms with van der Waals surface area (Å²) in [5.74, 6) is 0.802. The Hall–Kier alpha value is -1.35. The normalized spacial score (nSPS) is 27.9. The molecule has 1 aliphatic carbocycles. The number of hydrogen-bond donors (Lipinski definition) is 1. The van der Waals surface area contributed by atoms with Gasteiger partial charge < -0.3 is 9.84 Å². The number of aliphatic hydroxyl groups is 1. The maximum absolute atomic E-state index is 12.2. The first-order valence-electron chi connectivity index (χ1n) is 7.47. The molecule has 0 saturated heterocycles. The molecule has 20 heavy (non-hydrogen) atoms. The molecule has 4 atom stereocenters. The van der Waals surface area contributed by atoms with Crippen molar-refractivity contribution in [1.82, 2.24) is 0 Å². The Bertz CT molecular complexity index is 429. The Morgan fingerprint density at radius 2 is 2.00 bits per heavy atom. The minimum Gasteiger partial charge on any atom is -0.462 e. The lowest BCUT2D eigenvalue weighted by Gasteiger charge is -2.31. The van der Waals surface area contributed by atoms with Crippen LogP contribution in [0.2, 0.25) is 0 Å². The van der Waals surface area contributed by atoms with Gasteiger partial charge in [-0.05, 0) is 30.2 Å². The smallest absolute Gasteiger partial charge is 0.309 e. The summed E-state index contributed by atoms with van der Waals surface area (Å²) >= 11 is 0. The predicted octanol–water partition coefficient (Wildman–Crippen LogP) is 3.34. The highest BCUT2D eigenvalue weighted by atomic mass is 16.5. The average Bonchev–Trinajstić information content (AvgIpc) is 2.47. The van der Waals surface area contributed by atoms with Gasteiger partial charge in [-0.2, -0.15) is 0 Å². The van der Waals surface area contributed by atoms with Crippen LogP contribution in [0.15, 0.2) is 30.3 Å². The van der Waals surface area contributed by atoms with Crippen LogP contribution in [0.1, 0.15) is 44.8 Å². The average molecular weight is 276 g/mol. The molecule has 1 fully saturated rings. The van der Waals surface area contributed by atoms with Gasteiger partial charge in [-0.25, -0.2) is 0 Å². The van der Waals surface area contributed by atoms with E-state index in [1.54, 1.807) is 0 Å². The molecule has 110 valence electrons. The lowest BCUT2D eigenvalue weighted by atomic mass is 9.75. The number of carbonyl (C=O) groups excluding carboxylic acids is 1. The summed E-state index contributed by atoms with van der Waals surface area (Å²) in [4.78, 5) is 12.2. The number of hydrogen-bond acceptors (Lipinski definition) is 3. The Labute approximate surface area is 121 Å². The zero-order valence-electron chi connectivity index (χ0n) is 12.3. The third kappa shape index (κ3) is 3.83. The van der Waals surface area contributed by atoms with E-state index in [9.17, 15) is 9.90 Å². The fourth-order valence-corrected chi connectivity index (χ4v) is 2.90. The van der Waals surface area contributed by atoms with Crippen molar-refractivity contribution in [2.45, 2.75) is 39.2 Å². The maximum atomic E-state index is 12.2. The summed E-state index contributed by atoms with van der Waals surface area (Å²) in [6.45, 7) is 4.34. The van der Waals surface area contributed by atoms with Crippen molar-refractivity contribution in [3.63, 3.8) is 0 Å². The highest BCUT2D eigenvalue weighted by Gasteiger charge is 2.32. The highest BCUT2D eigenvalue weighted by Crippen LogP contribution is 2.34. The molecule has 0 bridgehead atoms. The second-order valence-corrected chi connectivity index (χ2v) is 6.06. The summed E-state index contributed by atoms with van der Waals surface area (Å²) in [5.41, 5.74) is 0.783. The van der Waals surface area contributed by atoms with E-state index in [0.717, 1.165) is 18.4 Å². The molecule has 0 amide bonds. The van der Waals surface area contributed by atoms with Crippen LogP contribution in [0, 0.1) is 17.8 Å². The van der Waals surface area contributed by atoms with E-state index < -0.39 is 6.10 Å². The van der Waals surface area contributed by atoms with Gasteiger partial charge in [-0.3, -0.25) is 4.79 Å². The van der Waals surface area contributed by atoms with Crippen LogP contribution in [0.5, 0.6) is 0 Å². The Morgan fingerprint density at radius 3 is 2.70 bits per heavy atom. The van der Waals surface area contributed by atoms with E-state index in [4.69, 9.17) is 4.74 Å². The molecule has 2 rings (SSSR count). The van der Waals surface area contributed by atoms with Gasteiger partial charge in [0.05, 0.1) is 5.92 Å². The van der Waals surface area contributed by atoms with E-state index in [1.165, 1.54) is 6.42 Å². The fraction of sp³-hybridized carbons (Fsp3) is 0.588. The van der Waals surface area contributed by atoms with Crippen LogP contribution in [-0.2, 0) is 9.53 Å². The molecule has 0 heterocycles. The fourth-order valence-electron chi connectivity index (χ4n) is 2.90. The molecule has 0 aliphatic heterocycles. The number of aliphatic hydroxyl groups excluding tert-OH is 1. The first-order valence-corrected chi connectivity index (χ1v) is 7.47. The Balaban J connectivity index is 1.85. The van der Waals surface area contributed by atoms with Crippen molar-refractivity contribution in [2.24, 2.45) is 17.8 Å². The molecule has 0 radical (unpaired) electrons. The number of ether oxygens (including phenoxy) is 1. The predicted molar refractivity (Wildman–Crippen MR) is 78.0 cm³/mol. The van der Waals surface area contributed by atoms with Crippen LogP contribution in [0.25, 0.3) is 0 Å². The van der Waals surface area contributed by atoms with Crippen molar-refractivity contribution >= 4 is 5.97 Å². The van der Waals surface area contributed by atoms with Gasteiger partial charge in [0, 0.05) is 0 Å². The number of rotatable bonds is 4. The number of esters is 1. The molecule has 0 spiro atoms. The first kappa shape index (κ1) is 15.0. The Kier molecular flexibility index (Phi) is 5.18. The molecule has 1 N–H and O–H groups in total. The zero-order valence-corrected chi connectivity index (χ0v) is 12.3. The first-order chi connectivity index (χ1) is 9.58. The number of carbonyl (C=O) groups is 1. The van der Waals surface area contributed by atoms with Gasteiger partial charge in [0.2, 0.25) is 0 Å². The van der Waals surface area contributed by atoms with Crippen LogP contribution in [0.3, 0.4) is 0 Å². The van der Waals surface area contributed by atoms with Gasteiger partial charge in [0.15, 0.2) is 0 Å². The molecule has 0 unspecified atom stereocenters. The molecule has 1 aromatic carbocycles. The summed E-state index contributed by atoms with van der Waals surface area (Å²) in [5, 5.41) is 10.0. The summed E-state index contributed by atoms with van der Waals surface area (Å²) in [6.07, 6.45) is 2.44. The molecule has 1 aliphatic rings. The second-order valence-electron chi connectivity index (χ2n) is 6.06. The second kappa shape index (κ2) is 6.89. The highest BCUT2D eigenvalue weighted by molar-refractivity contribution is 5.73. The van der Waals surface area contributed by atoms with E-state index in [1.807, 2.05) is 30.3 Å². The molecule has 1 aromatic rings. The number of benzene rings is 1. The SMILES string of the molecule is C[C@@H]1CC[C@@H](C)[C@H](C(=O)OC[C@@H](O)c2ccccc2)C1. The van der Waals surface area contributed by atoms with Crippen LogP contribution >= 0.6 is 0 Å². The van der Waals surface area contributed by atoms with Crippen molar-refractivity contribution in [2.75, 3.05) is 6.61 Å². The minimum atomic E-state index is -0.739. The lowest BCUT2D eigenvalue weighted by Crippen LogP contribution is -2.31. The molecular weight excluding hydrogens is 252 g/mol. The molecular formula is C17H24O3. The van der Waals surface area contributed by atoms with Crippen molar-refractivity contribution in [1.29, 1.82) is 0 Å². The van der Waals surface area contributed by atoms with E-state index >= 15 is 0 Å². The molecule has 3 heteroatoms. The van der Waals surface area contributed by atoms with Crippen LogP contribution < -0.4 is 0 Å². The van der Waals surface area contributed by atoms with Gasteiger partial charge in [0.25, 0.3) is 0 Å².